The Hall–Kier alpha value is -1.39. The molecule has 1 heterocycles. The summed E-state index contributed by atoms with van der Waals surface area (Å²) in [5.74, 6) is 0.346. The van der Waals surface area contributed by atoms with Crippen LogP contribution in [0.2, 0.25) is 0 Å². The lowest BCUT2D eigenvalue weighted by Gasteiger charge is -2.19. The Labute approximate surface area is 121 Å². The average Bonchev–Trinajstić information content (AvgIpc) is 2.78. The number of nitrogens with zero attached hydrogens (tertiary/aromatic N) is 4. The van der Waals surface area contributed by atoms with Crippen molar-refractivity contribution in [3.63, 3.8) is 0 Å². The Morgan fingerprint density at radius 2 is 2.15 bits per heavy atom. The van der Waals surface area contributed by atoms with Crippen molar-refractivity contribution < 1.29 is 8.42 Å². The van der Waals surface area contributed by atoms with Gasteiger partial charge < -0.3 is 4.57 Å². The molecule has 0 saturated carbocycles. The van der Waals surface area contributed by atoms with Crippen LogP contribution in [0.4, 0.5) is 0 Å². The molecule has 6 nitrogen and oxygen atoms in total. The minimum Gasteiger partial charge on any atom is -0.334 e. The Balaban J connectivity index is 3.08. The van der Waals surface area contributed by atoms with Gasteiger partial charge in [0.2, 0.25) is 0 Å². The molecule has 0 bridgehead atoms. The molecule has 20 heavy (non-hydrogen) atoms. The van der Waals surface area contributed by atoms with E-state index in [-0.39, 0.29) is 17.5 Å². The molecular weight excluding hydrogens is 276 g/mol. The lowest BCUT2D eigenvalue weighted by molar-refractivity contribution is 0.398. The van der Waals surface area contributed by atoms with Gasteiger partial charge in [-0.15, -0.1) is 0 Å². The van der Waals surface area contributed by atoms with Crippen molar-refractivity contribution in [1.82, 2.24) is 13.9 Å². The van der Waals surface area contributed by atoms with Gasteiger partial charge in [-0.2, -0.15) is 9.57 Å². The van der Waals surface area contributed by atoms with Gasteiger partial charge >= 0.3 is 0 Å². The first kappa shape index (κ1) is 16.7. The van der Waals surface area contributed by atoms with Crippen molar-refractivity contribution in [2.45, 2.75) is 45.7 Å². The highest BCUT2D eigenvalue weighted by Crippen LogP contribution is 2.17. The van der Waals surface area contributed by atoms with E-state index in [1.165, 1.54) is 4.31 Å². The predicted octanol–water partition coefficient (Wildman–Crippen LogP) is 1.77. The van der Waals surface area contributed by atoms with E-state index in [2.05, 4.69) is 11.1 Å². The molecule has 1 atom stereocenters. The summed E-state index contributed by atoms with van der Waals surface area (Å²) in [4.78, 5) is 4.15. The van der Waals surface area contributed by atoms with Crippen LogP contribution in [0.5, 0.6) is 0 Å². The summed E-state index contributed by atoms with van der Waals surface area (Å²) < 4.78 is 28.2. The van der Waals surface area contributed by atoms with Crippen molar-refractivity contribution in [2.75, 3.05) is 13.1 Å². The van der Waals surface area contributed by atoms with E-state index in [9.17, 15) is 8.42 Å². The molecule has 1 unspecified atom stereocenters. The largest absolute Gasteiger partial charge is 0.334 e. The third-order valence-electron chi connectivity index (χ3n) is 3.07. The molecule has 0 radical (unpaired) electrons. The molecule has 0 aromatic carbocycles. The molecule has 0 saturated heterocycles. The monoisotopic (exact) mass is 298 g/mol. The third kappa shape index (κ3) is 3.58. The van der Waals surface area contributed by atoms with Gasteiger partial charge in [-0.3, -0.25) is 0 Å². The number of hydrogen-bond acceptors (Lipinski definition) is 4. The van der Waals surface area contributed by atoms with Gasteiger partial charge in [0, 0.05) is 25.8 Å². The van der Waals surface area contributed by atoms with Crippen LogP contribution in [0, 0.1) is 24.2 Å². The zero-order valence-electron chi connectivity index (χ0n) is 12.5. The number of hydrogen-bond donors (Lipinski definition) is 0. The predicted molar refractivity (Wildman–Crippen MR) is 76.5 cm³/mol. The first-order valence-electron chi connectivity index (χ1n) is 6.80. The number of aryl methyl sites for hydroxylation is 2. The Morgan fingerprint density at radius 3 is 2.65 bits per heavy atom. The fourth-order valence-corrected chi connectivity index (χ4v) is 3.48. The van der Waals surface area contributed by atoms with Crippen LogP contribution in [-0.4, -0.2) is 35.4 Å². The summed E-state index contributed by atoms with van der Waals surface area (Å²) in [6.45, 7) is 8.55. The quantitative estimate of drug-likeness (QED) is 0.768. The summed E-state index contributed by atoms with van der Waals surface area (Å²) in [6, 6.07) is 2.06. The molecule has 0 fully saturated rings. The van der Waals surface area contributed by atoms with Crippen molar-refractivity contribution in [3.8, 4) is 6.07 Å². The van der Waals surface area contributed by atoms with Gasteiger partial charge in [0.25, 0.3) is 10.0 Å². The van der Waals surface area contributed by atoms with E-state index in [0.717, 1.165) is 13.0 Å². The van der Waals surface area contributed by atoms with Crippen molar-refractivity contribution >= 4 is 10.0 Å². The second kappa shape index (κ2) is 6.86. The van der Waals surface area contributed by atoms with E-state index in [1.807, 2.05) is 11.5 Å². The maximum Gasteiger partial charge on any atom is 0.262 e. The van der Waals surface area contributed by atoms with E-state index in [0.29, 0.717) is 12.4 Å². The molecule has 1 aromatic heterocycles. The van der Waals surface area contributed by atoms with Crippen LogP contribution in [0.3, 0.4) is 0 Å². The first-order chi connectivity index (χ1) is 9.36. The molecule has 0 spiro atoms. The number of rotatable bonds is 7. The summed E-state index contributed by atoms with van der Waals surface area (Å²) >= 11 is 0. The average molecular weight is 298 g/mol. The zero-order valence-corrected chi connectivity index (χ0v) is 13.3. The van der Waals surface area contributed by atoms with Gasteiger partial charge in [0.05, 0.1) is 12.0 Å². The Morgan fingerprint density at radius 1 is 1.50 bits per heavy atom. The molecule has 1 aromatic rings. The minimum absolute atomic E-state index is 0.0652. The van der Waals surface area contributed by atoms with Crippen molar-refractivity contribution in [1.29, 1.82) is 5.26 Å². The van der Waals surface area contributed by atoms with Crippen molar-refractivity contribution in [2.24, 2.45) is 5.92 Å². The molecule has 0 aliphatic heterocycles. The molecule has 0 aliphatic carbocycles. The highest BCUT2D eigenvalue weighted by atomic mass is 32.2. The maximum absolute atomic E-state index is 12.5. The van der Waals surface area contributed by atoms with Crippen LogP contribution >= 0.6 is 0 Å². The van der Waals surface area contributed by atoms with Gasteiger partial charge in [0.1, 0.15) is 5.82 Å². The van der Waals surface area contributed by atoms with Crippen molar-refractivity contribution in [3.05, 3.63) is 12.0 Å². The fourth-order valence-electron chi connectivity index (χ4n) is 1.95. The van der Waals surface area contributed by atoms with Crippen LogP contribution in [0.25, 0.3) is 0 Å². The smallest absolute Gasteiger partial charge is 0.262 e. The van der Waals surface area contributed by atoms with Gasteiger partial charge in [-0.25, -0.2) is 13.4 Å². The molecule has 1 rings (SSSR count). The second-order valence-corrected chi connectivity index (χ2v) is 6.69. The number of aromatic nitrogens is 2. The molecule has 0 aliphatic rings. The van der Waals surface area contributed by atoms with Gasteiger partial charge in [-0.1, -0.05) is 13.8 Å². The minimum atomic E-state index is -3.63. The maximum atomic E-state index is 12.5. The summed E-state index contributed by atoms with van der Waals surface area (Å²) in [5.41, 5.74) is 0. The lowest BCUT2D eigenvalue weighted by Crippen LogP contribution is -2.34. The van der Waals surface area contributed by atoms with Gasteiger partial charge in [-0.05, 0) is 20.3 Å². The zero-order chi connectivity index (χ0) is 15.3. The standard InChI is InChI=1S/C13H22N4O2S/c1-5-7-16-10-13(15-12(16)4)20(18,19)17(6-2)9-11(3)8-14/h10-11H,5-7,9H2,1-4H3. The molecule has 112 valence electrons. The molecule has 7 heteroatoms. The Kier molecular flexibility index (Phi) is 5.72. The molecule has 0 amide bonds. The SMILES string of the molecule is CCCn1cc(S(=O)(=O)N(CC)CC(C)C#N)nc1C. The highest BCUT2D eigenvalue weighted by molar-refractivity contribution is 7.89. The van der Waals surface area contributed by atoms with E-state index in [4.69, 9.17) is 5.26 Å². The summed E-state index contributed by atoms with van der Waals surface area (Å²) in [5, 5.41) is 8.91. The van der Waals surface area contributed by atoms with E-state index >= 15 is 0 Å². The number of sulfonamides is 1. The van der Waals surface area contributed by atoms with Gasteiger partial charge in [0.15, 0.2) is 5.03 Å². The number of nitriles is 1. The summed E-state index contributed by atoms with van der Waals surface area (Å²) in [7, 11) is -3.63. The fraction of sp³-hybridized carbons (Fsp3) is 0.692. The van der Waals surface area contributed by atoms with E-state index in [1.54, 1.807) is 27.0 Å². The second-order valence-electron chi connectivity index (χ2n) is 4.81. The van der Waals surface area contributed by atoms with Crippen LogP contribution in [0.15, 0.2) is 11.2 Å². The summed E-state index contributed by atoms with van der Waals surface area (Å²) in [6.07, 6.45) is 2.49. The third-order valence-corrected chi connectivity index (χ3v) is 4.89. The molecule has 0 N–H and O–H groups in total. The number of imidazole rings is 1. The molecular formula is C13H22N4O2S. The topological polar surface area (TPSA) is 79.0 Å². The first-order valence-corrected chi connectivity index (χ1v) is 8.24. The normalized spacial score (nSPS) is 13.4. The highest BCUT2D eigenvalue weighted by Gasteiger charge is 2.27. The van der Waals surface area contributed by atoms with E-state index < -0.39 is 10.0 Å². The lowest BCUT2D eigenvalue weighted by atomic mass is 10.2. The van der Waals surface area contributed by atoms with Crippen LogP contribution in [0.1, 0.15) is 33.0 Å². The van der Waals surface area contributed by atoms with Crippen LogP contribution in [-0.2, 0) is 16.6 Å². The Bertz CT molecular complexity index is 586. The van der Waals surface area contributed by atoms with Crippen LogP contribution < -0.4 is 0 Å².